The summed E-state index contributed by atoms with van der Waals surface area (Å²) in [6.07, 6.45) is 2.60. The van der Waals surface area contributed by atoms with E-state index >= 15 is 0 Å². The summed E-state index contributed by atoms with van der Waals surface area (Å²) in [7, 11) is 0. The van der Waals surface area contributed by atoms with E-state index in [9.17, 15) is 0 Å². The van der Waals surface area contributed by atoms with Gasteiger partial charge in [0.1, 0.15) is 5.82 Å². The van der Waals surface area contributed by atoms with E-state index in [4.69, 9.17) is 4.74 Å². The summed E-state index contributed by atoms with van der Waals surface area (Å²) < 4.78 is 5.56. The zero-order chi connectivity index (χ0) is 12.9. The standard InChI is InChI=1S/C15H17N3O/c1-2-5-12(6-3-1)14-8-9-15(18-17-14)16-11-13-7-4-10-19-13/h1-3,5-6,8-9,13H,4,7,10-11H2,(H,16,18)/t13-/m1/s1. The van der Waals surface area contributed by atoms with Gasteiger partial charge in [0.15, 0.2) is 0 Å². The van der Waals surface area contributed by atoms with Gasteiger partial charge in [0.2, 0.25) is 0 Å². The van der Waals surface area contributed by atoms with E-state index in [2.05, 4.69) is 15.5 Å². The fourth-order valence-corrected chi connectivity index (χ4v) is 2.21. The molecule has 0 spiro atoms. The summed E-state index contributed by atoms with van der Waals surface area (Å²) >= 11 is 0. The average Bonchev–Trinajstić information content (AvgIpc) is 3.00. The van der Waals surface area contributed by atoms with Crippen LogP contribution in [0.1, 0.15) is 12.8 Å². The van der Waals surface area contributed by atoms with Gasteiger partial charge < -0.3 is 10.1 Å². The second kappa shape index (κ2) is 5.80. The van der Waals surface area contributed by atoms with Crippen molar-refractivity contribution in [3.63, 3.8) is 0 Å². The van der Waals surface area contributed by atoms with Crippen LogP contribution in [-0.4, -0.2) is 29.5 Å². The predicted molar refractivity (Wildman–Crippen MR) is 74.9 cm³/mol. The van der Waals surface area contributed by atoms with Crippen LogP contribution in [0.5, 0.6) is 0 Å². The van der Waals surface area contributed by atoms with Gasteiger partial charge in [-0.2, -0.15) is 0 Å². The Kier molecular flexibility index (Phi) is 3.70. The average molecular weight is 255 g/mol. The quantitative estimate of drug-likeness (QED) is 0.912. The van der Waals surface area contributed by atoms with Gasteiger partial charge in [0.25, 0.3) is 0 Å². The first-order valence-electron chi connectivity index (χ1n) is 6.66. The number of ether oxygens (including phenoxy) is 1. The van der Waals surface area contributed by atoms with Crippen LogP contribution in [0.4, 0.5) is 5.82 Å². The summed E-state index contributed by atoms with van der Waals surface area (Å²) in [6.45, 7) is 1.68. The topological polar surface area (TPSA) is 47.0 Å². The van der Waals surface area contributed by atoms with Crippen molar-refractivity contribution in [3.05, 3.63) is 42.5 Å². The van der Waals surface area contributed by atoms with Crippen molar-refractivity contribution in [2.24, 2.45) is 0 Å². The van der Waals surface area contributed by atoms with Gasteiger partial charge in [-0.1, -0.05) is 30.3 Å². The molecule has 0 unspecified atom stereocenters. The highest BCUT2D eigenvalue weighted by Gasteiger charge is 2.14. The lowest BCUT2D eigenvalue weighted by molar-refractivity contribution is 0.120. The maximum absolute atomic E-state index is 5.56. The molecule has 98 valence electrons. The van der Waals surface area contributed by atoms with Gasteiger partial charge in [0, 0.05) is 18.7 Å². The summed E-state index contributed by atoms with van der Waals surface area (Å²) in [5.74, 6) is 0.801. The third-order valence-electron chi connectivity index (χ3n) is 3.27. The number of hydrogen-bond donors (Lipinski definition) is 1. The van der Waals surface area contributed by atoms with Crippen molar-refractivity contribution >= 4 is 5.82 Å². The van der Waals surface area contributed by atoms with E-state index in [-0.39, 0.29) is 0 Å². The number of nitrogens with one attached hydrogen (secondary N) is 1. The van der Waals surface area contributed by atoms with E-state index in [1.165, 1.54) is 0 Å². The van der Waals surface area contributed by atoms with E-state index in [1.807, 2.05) is 42.5 Å². The van der Waals surface area contributed by atoms with Gasteiger partial charge in [-0.25, -0.2) is 0 Å². The van der Waals surface area contributed by atoms with Crippen molar-refractivity contribution in [3.8, 4) is 11.3 Å². The van der Waals surface area contributed by atoms with Crippen LogP contribution in [0.15, 0.2) is 42.5 Å². The van der Waals surface area contributed by atoms with Crippen LogP contribution < -0.4 is 5.32 Å². The molecule has 0 bridgehead atoms. The number of nitrogens with zero attached hydrogens (tertiary/aromatic N) is 2. The van der Waals surface area contributed by atoms with E-state index in [1.54, 1.807) is 0 Å². The predicted octanol–water partition coefficient (Wildman–Crippen LogP) is 2.73. The molecule has 1 atom stereocenters. The molecule has 1 saturated heterocycles. The van der Waals surface area contributed by atoms with Crippen molar-refractivity contribution in [1.29, 1.82) is 0 Å². The van der Waals surface area contributed by atoms with Crippen LogP contribution in [0, 0.1) is 0 Å². The molecule has 1 fully saturated rings. The molecule has 4 heteroatoms. The molecule has 1 aromatic heterocycles. The fourth-order valence-electron chi connectivity index (χ4n) is 2.21. The zero-order valence-corrected chi connectivity index (χ0v) is 10.7. The second-order valence-electron chi connectivity index (χ2n) is 4.69. The van der Waals surface area contributed by atoms with Crippen molar-refractivity contribution in [1.82, 2.24) is 10.2 Å². The molecule has 0 saturated carbocycles. The molecule has 0 amide bonds. The lowest BCUT2D eigenvalue weighted by Crippen LogP contribution is -2.19. The minimum Gasteiger partial charge on any atom is -0.376 e. The normalized spacial score (nSPS) is 18.4. The molecular weight excluding hydrogens is 238 g/mol. The van der Waals surface area contributed by atoms with E-state index < -0.39 is 0 Å². The Morgan fingerprint density at radius 3 is 2.68 bits per heavy atom. The maximum Gasteiger partial charge on any atom is 0.148 e. The molecule has 0 radical (unpaired) electrons. The highest BCUT2D eigenvalue weighted by atomic mass is 16.5. The largest absolute Gasteiger partial charge is 0.376 e. The maximum atomic E-state index is 5.56. The lowest BCUT2D eigenvalue weighted by Gasteiger charge is -2.10. The van der Waals surface area contributed by atoms with Crippen LogP contribution in [0.25, 0.3) is 11.3 Å². The van der Waals surface area contributed by atoms with E-state index in [0.29, 0.717) is 6.10 Å². The Hall–Kier alpha value is -1.94. The van der Waals surface area contributed by atoms with E-state index in [0.717, 1.165) is 43.1 Å². The number of hydrogen-bond acceptors (Lipinski definition) is 4. The van der Waals surface area contributed by atoms with Crippen LogP contribution in [0.2, 0.25) is 0 Å². The van der Waals surface area contributed by atoms with Crippen molar-refractivity contribution in [2.45, 2.75) is 18.9 Å². The summed E-state index contributed by atoms with van der Waals surface area (Å²) in [5.41, 5.74) is 1.98. The van der Waals surface area contributed by atoms with Crippen molar-refractivity contribution in [2.75, 3.05) is 18.5 Å². The van der Waals surface area contributed by atoms with Gasteiger partial charge in [-0.3, -0.25) is 0 Å². The number of aromatic nitrogens is 2. The fraction of sp³-hybridized carbons (Fsp3) is 0.333. The minimum atomic E-state index is 0.315. The van der Waals surface area contributed by atoms with Crippen LogP contribution in [0.3, 0.4) is 0 Å². The molecule has 2 aromatic rings. The molecule has 1 aliphatic rings. The molecular formula is C15H17N3O. The number of benzene rings is 1. The summed E-state index contributed by atoms with van der Waals surface area (Å²) in [6, 6.07) is 14.0. The first kappa shape index (κ1) is 12.1. The van der Waals surface area contributed by atoms with Crippen LogP contribution >= 0.6 is 0 Å². The Labute approximate surface area is 112 Å². The Bertz CT molecular complexity index is 507. The summed E-state index contributed by atoms with van der Waals surface area (Å²) in [5, 5.41) is 11.7. The van der Waals surface area contributed by atoms with Crippen molar-refractivity contribution < 1.29 is 4.74 Å². The highest BCUT2D eigenvalue weighted by Crippen LogP contribution is 2.17. The smallest absolute Gasteiger partial charge is 0.148 e. The first-order valence-corrected chi connectivity index (χ1v) is 6.66. The third kappa shape index (κ3) is 3.09. The van der Waals surface area contributed by atoms with Gasteiger partial charge >= 0.3 is 0 Å². The molecule has 1 N–H and O–H groups in total. The molecule has 1 aromatic carbocycles. The molecule has 3 rings (SSSR count). The Balaban J connectivity index is 1.62. The van der Waals surface area contributed by atoms with Crippen LogP contribution in [-0.2, 0) is 4.74 Å². The Morgan fingerprint density at radius 2 is 2.00 bits per heavy atom. The Morgan fingerprint density at radius 1 is 1.11 bits per heavy atom. The molecule has 4 nitrogen and oxygen atoms in total. The number of rotatable bonds is 4. The zero-order valence-electron chi connectivity index (χ0n) is 10.7. The molecule has 2 heterocycles. The first-order chi connectivity index (χ1) is 9.42. The third-order valence-corrected chi connectivity index (χ3v) is 3.27. The van der Waals surface area contributed by atoms with Gasteiger partial charge in [-0.15, -0.1) is 10.2 Å². The lowest BCUT2D eigenvalue weighted by atomic mass is 10.1. The molecule has 19 heavy (non-hydrogen) atoms. The minimum absolute atomic E-state index is 0.315. The second-order valence-corrected chi connectivity index (χ2v) is 4.69. The highest BCUT2D eigenvalue weighted by molar-refractivity contribution is 5.59. The number of anilines is 1. The molecule has 0 aliphatic carbocycles. The van der Waals surface area contributed by atoms with Gasteiger partial charge in [-0.05, 0) is 25.0 Å². The summed E-state index contributed by atoms with van der Waals surface area (Å²) in [4.78, 5) is 0. The SMILES string of the molecule is c1ccc(-c2ccc(NC[C@H]3CCCO3)nn2)cc1. The van der Waals surface area contributed by atoms with Gasteiger partial charge in [0.05, 0.1) is 11.8 Å². The monoisotopic (exact) mass is 255 g/mol. The molecule has 1 aliphatic heterocycles.